The van der Waals surface area contributed by atoms with E-state index in [2.05, 4.69) is 4.72 Å². The van der Waals surface area contributed by atoms with Crippen LogP contribution in [0.3, 0.4) is 0 Å². The Labute approximate surface area is 156 Å². The highest BCUT2D eigenvalue weighted by Crippen LogP contribution is 2.21. The Hall–Kier alpha value is -2.87. The first-order valence-corrected chi connectivity index (χ1v) is 10.1. The van der Waals surface area contributed by atoms with Gasteiger partial charge < -0.3 is 0 Å². The molecule has 0 fully saturated rings. The third kappa shape index (κ3) is 3.28. The summed E-state index contributed by atoms with van der Waals surface area (Å²) < 4.78 is 30.7. The zero-order valence-corrected chi connectivity index (χ0v) is 16.2. The second-order valence-electron chi connectivity index (χ2n) is 6.18. The van der Waals surface area contributed by atoms with E-state index in [1.54, 1.807) is 39.0 Å². The summed E-state index contributed by atoms with van der Waals surface area (Å²) in [7, 11) is -3.88. The molecule has 142 valence electrons. The van der Waals surface area contributed by atoms with E-state index in [4.69, 9.17) is 0 Å². The Morgan fingerprint density at radius 3 is 2.26 bits per heavy atom. The van der Waals surface area contributed by atoms with E-state index < -0.39 is 21.3 Å². The summed E-state index contributed by atoms with van der Waals surface area (Å²) in [6.45, 7) is 5.90. The number of sulfonamides is 1. The van der Waals surface area contributed by atoms with Crippen molar-refractivity contribution in [3.05, 3.63) is 68.9 Å². The molecule has 0 amide bonds. The Bertz CT molecular complexity index is 1240. The molecule has 0 radical (unpaired) electrons. The maximum atomic E-state index is 12.8. The summed E-state index contributed by atoms with van der Waals surface area (Å²) in [6, 6.07) is 11.3. The molecule has 0 unspecified atom stereocenters. The zero-order chi connectivity index (χ0) is 19.8. The molecule has 0 aliphatic rings. The Morgan fingerprint density at radius 2 is 1.63 bits per heavy atom. The second-order valence-corrected chi connectivity index (χ2v) is 7.86. The number of anilines is 1. The van der Waals surface area contributed by atoms with Crippen molar-refractivity contribution in [3.8, 4) is 0 Å². The third-order valence-corrected chi connectivity index (χ3v) is 5.89. The fourth-order valence-electron chi connectivity index (χ4n) is 3.05. The van der Waals surface area contributed by atoms with Crippen LogP contribution in [0.5, 0.6) is 0 Å². The van der Waals surface area contributed by atoms with Crippen LogP contribution in [0.4, 0.5) is 5.69 Å². The summed E-state index contributed by atoms with van der Waals surface area (Å²) in [6.07, 6.45) is 0. The molecule has 27 heavy (non-hydrogen) atoms. The number of benzene rings is 2. The van der Waals surface area contributed by atoms with Crippen LogP contribution in [0.1, 0.15) is 19.4 Å². The number of aryl methyl sites for hydroxylation is 2. The predicted molar refractivity (Wildman–Crippen MR) is 106 cm³/mol. The molecule has 0 atom stereocenters. The molecule has 0 saturated heterocycles. The first-order chi connectivity index (χ1) is 12.8. The maximum absolute atomic E-state index is 12.8. The van der Waals surface area contributed by atoms with Gasteiger partial charge in [-0.15, -0.1) is 0 Å². The standard InChI is InChI=1S/C19H21N3O4S/c1-4-21-17-11-10-14(12-15(17)18(23)22(5-2)19(21)24)27(25,26)20-16-9-7-6-8-13(16)3/h6-12,20H,4-5H2,1-3H3. The number of hydrogen-bond acceptors (Lipinski definition) is 4. The van der Waals surface area contributed by atoms with Gasteiger partial charge in [-0.1, -0.05) is 18.2 Å². The van der Waals surface area contributed by atoms with Gasteiger partial charge in [0.05, 0.1) is 21.5 Å². The Kier molecular flexibility index (Phi) is 4.93. The van der Waals surface area contributed by atoms with Crippen LogP contribution in [0, 0.1) is 6.92 Å². The highest BCUT2D eigenvalue weighted by molar-refractivity contribution is 7.92. The average molecular weight is 387 g/mol. The van der Waals surface area contributed by atoms with E-state index >= 15 is 0 Å². The first kappa shape index (κ1) is 18.9. The van der Waals surface area contributed by atoms with Gasteiger partial charge in [0.1, 0.15) is 0 Å². The van der Waals surface area contributed by atoms with Crippen LogP contribution < -0.4 is 16.0 Å². The molecule has 0 aliphatic heterocycles. The number of rotatable bonds is 5. The molecule has 7 nitrogen and oxygen atoms in total. The summed E-state index contributed by atoms with van der Waals surface area (Å²) in [4.78, 5) is 25.1. The number of nitrogens with one attached hydrogen (secondary N) is 1. The van der Waals surface area contributed by atoms with Gasteiger partial charge in [0.2, 0.25) is 0 Å². The summed E-state index contributed by atoms with van der Waals surface area (Å²) in [5.41, 5.74) is 0.797. The van der Waals surface area contributed by atoms with Crippen molar-refractivity contribution in [3.63, 3.8) is 0 Å². The molecule has 1 N–H and O–H groups in total. The number of hydrogen-bond donors (Lipinski definition) is 1. The van der Waals surface area contributed by atoms with Crippen LogP contribution in [-0.2, 0) is 23.1 Å². The van der Waals surface area contributed by atoms with Crippen LogP contribution in [0.2, 0.25) is 0 Å². The molecule has 3 aromatic rings. The molecule has 0 aliphatic carbocycles. The minimum atomic E-state index is -3.88. The lowest BCUT2D eigenvalue weighted by Gasteiger charge is -2.14. The lowest BCUT2D eigenvalue weighted by Crippen LogP contribution is -2.39. The van der Waals surface area contributed by atoms with E-state index in [-0.39, 0.29) is 16.8 Å². The maximum Gasteiger partial charge on any atom is 0.331 e. The summed E-state index contributed by atoms with van der Waals surface area (Å²) in [5, 5.41) is 0.200. The molecule has 0 spiro atoms. The van der Waals surface area contributed by atoms with Gasteiger partial charge in [0.25, 0.3) is 15.6 Å². The molecule has 8 heteroatoms. The SMILES string of the molecule is CCn1c(=O)c2cc(S(=O)(=O)Nc3ccccc3C)ccc2n(CC)c1=O. The van der Waals surface area contributed by atoms with Crippen LogP contribution in [0.15, 0.2) is 56.9 Å². The van der Waals surface area contributed by atoms with Crippen LogP contribution in [-0.4, -0.2) is 17.6 Å². The van der Waals surface area contributed by atoms with Crippen molar-refractivity contribution < 1.29 is 8.42 Å². The number of fused-ring (bicyclic) bond motifs is 1. The molecule has 0 saturated carbocycles. The number of aromatic nitrogens is 2. The zero-order valence-electron chi connectivity index (χ0n) is 15.4. The van der Waals surface area contributed by atoms with Gasteiger partial charge in [0.15, 0.2) is 0 Å². The predicted octanol–water partition coefficient (Wildman–Crippen LogP) is 2.31. The molecule has 0 bridgehead atoms. The van der Waals surface area contributed by atoms with E-state index in [0.29, 0.717) is 17.7 Å². The van der Waals surface area contributed by atoms with Gasteiger partial charge in [-0.3, -0.25) is 18.7 Å². The lowest BCUT2D eigenvalue weighted by molar-refractivity contribution is 0.600. The van der Waals surface area contributed by atoms with Crippen molar-refractivity contribution in [2.45, 2.75) is 38.8 Å². The average Bonchev–Trinajstić information content (AvgIpc) is 2.64. The molecule has 3 rings (SSSR count). The molecule has 1 aromatic heterocycles. The van der Waals surface area contributed by atoms with Crippen molar-refractivity contribution in [2.75, 3.05) is 4.72 Å². The van der Waals surface area contributed by atoms with Crippen molar-refractivity contribution in [1.29, 1.82) is 0 Å². The van der Waals surface area contributed by atoms with Gasteiger partial charge in [-0.2, -0.15) is 0 Å². The van der Waals surface area contributed by atoms with Gasteiger partial charge >= 0.3 is 5.69 Å². The minimum Gasteiger partial charge on any atom is -0.293 e. The summed E-state index contributed by atoms with van der Waals surface area (Å²) >= 11 is 0. The third-order valence-electron chi connectivity index (χ3n) is 4.53. The Balaban J connectivity index is 2.21. The topological polar surface area (TPSA) is 90.2 Å². The minimum absolute atomic E-state index is 0.0284. The quantitative estimate of drug-likeness (QED) is 0.727. The monoisotopic (exact) mass is 387 g/mol. The van der Waals surface area contributed by atoms with E-state index in [1.165, 1.54) is 22.8 Å². The molecular weight excluding hydrogens is 366 g/mol. The van der Waals surface area contributed by atoms with E-state index in [1.807, 2.05) is 6.07 Å². The number of nitrogens with zero attached hydrogens (tertiary/aromatic N) is 2. The smallest absolute Gasteiger partial charge is 0.293 e. The lowest BCUT2D eigenvalue weighted by atomic mass is 10.2. The fraction of sp³-hybridized carbons (Fsp3) is 0.263. The van der Waals surface area contributed by atoms with Gasteiger partial charge in [-0.05, 0) is 50.6 Å². The van der Waals surface area contributed by atoms with E-state index in [0.717, 1.165) is 10.1 Å². The first-order valence-electron chi connectivity index (χ1n) is 8.66. The largest absolute Gasteiger partial charge is 0.331 e. The van der Waals surface area contributed by atoms with Crippen LogP contribution >= 0.6 is 0 Å². The highest BCUT2D eigenvalue weighted by Gasteiger charge is 2.19. The second kappa shape index (κ2) is 7.03. The van der Waals surface area contributed by atoms with Gasteiger partial charge in [0, 0.05) is 13.1 Å². The van der Waals surface area contributed by atoms with E-state index in [9.17, 15) is 18.0 Å². The highest BCUT2D eigenvalue weighted by atomic mass is 32.2. The fourth-order valence-corrected chi connectivity index (χ4v) is 4.20. The summed E-state index contributed by atoms with van der Waals surface area (Å²) in [5.74, 6) is 0. The van der Waals surface area contributed by atoms with Crippen molar-refractivity contribution in [1.82, 2.24) is 9.13 Å². The molecule has 2 aromatic carbocycles. The van der Waals surface area contributed by atoms with Crippen molar-refractivity contribution >= 4 is 26.6 Å². The van der Waals surface area contributed by atoms with Crippen LogP contribution in [0.25, 0.3) is 10.9 Å². The van der Waals surface area contributed by atoms with Crippen molar-refractivity contribution in [2.24, 2.45) is 0 Å². The molecule has 1 heterocycles. The Morgan fingerprint density at radius 1 is 0.963 bits per heavy atom. The van der Waals surface area contributed by atoms with Gasteiger partial charge in [-0.25, -0.2) is 13.2 Å². The number of para-hydroxylation sites is 1. The molecular formula is C19H21N3O4S. The normalized spacial score (nSPS) is 11.7.